The van der Waals surface area contributed by atoms with Crippen LogP contribution in [0, 0.1) is 5.92 Å². The first-order valence-corrected chi connectivity index (χ1v) is 12.3. The van der Waals surface area contributed by atoms with Gasteiger partial charge in [-0.3, -0.25) is 4.79 Å². The molecular formula is C27H27NO5S. The molecular weight excluding hydrogens is 450 g/mol. The van der Waals surface area contributed by atoms with Crippen LogP contribution in [0.25, 0.3) is 5.57 Å². The number of carboxylic acids is 1. The van der Waals surface area contributed by atoms with E-state index in [4.69, 9.17) is 9.47 Å². The predicted octanol–water partition coefficient (Wildman–Crippen LogP) is 5.75. The molecule has 2 aromatic rings. The third-order valence-corrected chi connectivity index (χ3v) is 7.69. The zero-order chi connectivity index (χ0) is 23.9. The molecule has 0 aliphatic carbocycles. The number of amides is 1. The van der Waals surface area contributed by atoms with E-state index in [1.54, 1.807) is 18.2 Å². The third-order valence-electron chi connectivity index (χ3n) is 6.62. The molecule has 1 saturated heterocycles. The molecule has 5 rings (SSSR count). The van der Waals surface area contributed by atoms with Gasteiger partial charge in [-0.15, -0.1) is 0 Å². The van der Waals surface area contributed by atoms with Gasteiger partial charge in [-0.05, 0) is 74.9 Å². The molecule has 3 aliphatic heterocycles. The van der Waals surface area contributed by atoms with Crippen molar-refractivity contribution in [2.45, 2.75) is 48.5 Å². The Morgan fingerprint density at radius 1 is 1.18 bits per heavy atom. The van der Waals surface area contributed by atoms with Gasteiger partial charge in [-0.25, -0.2) is 4.79 Å². The monoisotopic (exact) mass is 477 g/mol. The molecule has 176 valence electrons. The van der Waals surface area contributed by atoms with Crippen LogP contribution < -0.4 is 5.32 Å². The number of allylic oxidation sites excluding steroid dienone is 1. The topological polar surface area (TPSA) is 84.9 Å². The van der Waals surface area contributed by atoms with Crippen LogP contribution in [-0.2, 0) is 14.3 Å². The highest BCUT2D eigenvalue weighted by Gasteiger charge is 2.38. The SMILES string of the molecule is CC1(C)O/C(=C2/C(=O)Nc3cc(Sc4ccccc4C(=O)O)ccc32)C=C1CC1CCOCC1. The van der Waals surface area contributed by atoms with Gasteiger partial charge in [-0.1, -0.05) is 30.0 Å². The van der Waals surface area contributed by atoms with E-state index in [-0.39, 0.29) is 11.5 Å². The molecule has 6 nitrogen and oxygen atoms in total. The minimum Gasteiger partial charge on any atom is -0.483 e. The molecule has 1 fully saturated rings. The number of hydrogen-bond donors (Lipinski definition) is 2. The first kappa shape index (κ1) is 22.7. The van der Waals surface area contributed by atoms with Crippen molar-refractivity contribution in [3.8, 4) is 0 Å². The van der Waals surface area contributed by atoms with Crippen molar-refractivity contribution < 1.29 is 24.2 Å². The number of nitrogens with one attached hydrogen (secondary N) is 1. The highest BCUT2D eigenvalue weighted by atomic mass is 32.2. The third kappa shape index (κ3) is 4.38. The van der Waals surface area contributed by atoms with Crippen molar-refractivity contribution >= 4 is 34.9 Å². The fourth-order valence-corrected chi connectivity index (χ4v) is 5.69. The number of carbonyl (C=O) groups is 2. The lowest BCUT2D eigenvalue weighted by Gasteiger charge is -2.28. The molecule has 0 unspecified atom stereocenters. The summed E-state index contributed by atoms with van der Waals surface area (Å²) < 4.78 is 11.8. The van der Waals surface area contributed by atoms with E-state index in [1.807, 2.05) is 30.3 Å². The smallest absolute Gasteiger partial charge is 0.336 e. The van der Waals surface area contributed by atoms with E-state index in [9.17, 15) is 14.7 Å². The molecule has 3 heterocycles. The second-order valence-electron chi connectivity index (χ2n) is 9.35. The number of fused-ring (bicyclic) bond motifs is 1. The maximum Gasteiger partial charge on any atom is 0.336 e. The van der Waals surface area contributed by atoms with Gasteiger partial charge in [-0.2, -0.15) is 0 Å². The summed E-state index contributed by atoms with van der Waals surface area (Å²) in [6.07, 6.45) is 5.09. The van der Waals surface area contributed by atoms with Crippen molar-refractivity contribution in [1.29, 1.82) is 0 Å². The van der Waals surface area contributed by atoms with Crippen molar-refractivity contribution in [3.05, 3.63) is 71.0 Å². The van der Waals surface area contributed by atoms with E-state index < -0.39 is 11.6 Å². The van der Waals surface area contributed by atoms with E-state index in [2.05, 4.69) is 19.2 Å². The predicted molar refractivity (Wildman–Crippen MR) is 131 cm³/mol. The molecule has 0 aromatic heterocycles. The van der Waals surface area contributed by atoms with E-state index in [1.165, 1.54) is 17.3 Å². The highest BCUT2D eigenvalue weighted by molar-refractivity contribution is 7.99. The van der Waals surface area contributed by atoms with Crippen LogP contribution in [0.1, 0.15) is 49.0 Å². The first-order valence-electron chi connectivity index (χ1n) is 11.5. The fourth-order valence-electron chi connectivity index (χ4n) is 4.71. The van der Waals surface area contributed by atoms with Crippen LogP contribution >= 0.6 is 11.8 Å². The minimum atomic E-state index is -0.964. The number of anilines is 1. The summed E-state index contributed by atoms with van der Waals surface area (Å²) in [5.41, 5.74) is 3.06. The Morgan fingerprint density at radius 2 is 1.94 bits per heavy atom. The second kappa shape index (κ2) is 8.96. The minimum absolute atomic E-state index is 0.183. The maximum absolute atomic E-state index is 13.0. The quantitative estimate of drug-likeness (QED) is 0.534. The Balaban J connectivity index is 1.43. The highest BCUT2D eigenvalue weighted by Crippen LogP contribution is 2.44. The van der Waals surface area contributed by atoms with Crippen molar-refractivity contribution in [2.24, 2.45) is 5.92 Å². The molecule has 0 saturated carbocycles. The summed E-state index contributed by atoms with van der Waals surface area (Å²) >= 11 is 1.36. The van der Waals surface area contributed by atoms with Gasteiger partial charge in [0.25, 0.3) is 5.91 Å². The van der Waals surface area contributed by atoms with Crippen molar-refractivity contribution in [3.63, 3.8) is 0 Å². The summed E-state index contributed by atoms with van der Waals surface area (Å²) in [5, 5.41) is 12.4. The van der Waals surface area contributed by atoms with Crippen LogP contribution in [0.5, 0.6) is 0 Å². The average molecular weight is 478 g/mol. The Kier molecular flexibility index (Phi) is 6.00. The second-order valence-corrected chi connectivity index (χ2v) is 10.5. The van der Waals surface area contributed by atoms with Crippen LogP contribution in [-0.4, -0.2) is 35.8 Å². The molecule has 7 heteroatoms. The number of carbonyl (C=O) groups excluding carboxylic acids is 1. The van der Waals surface area contributed by atoms with Gasteiger partial charge < -0.3 is 19.9 Å². The van der Waals surface area contributed by atoms with Crippen LogP contribution in [0.15, 0.2) is 69.7 Å². The Hall–Kier alpha value is -3.03. The molecule has 3 aliphatic rings. The molecule has 0 spiro atoms. The number of benzene rings is 2. The summed E-state index contributed by atoms with van der Waals surface area (Å²) in [5.74, 6) is 0.0384. The van der Waals surface area contributed by atoms with E-state index >= 15 is 0 Å². The number of ether oxygens (including phenoxy) is 2. The number of aromatic carboxylic acids is 1. The van der Waals surface area contributed by atoms with Crippen molar-refractivity contribution in [1.82, 2.24) is 0 Å². The number of rotatable bonds is 5. The Bertz CT molecular complexity index is 1220. The molecule has 0 atom stereocenters. The lowest BCUT2D eigenvalue weighted by Crippen LogP contribution is -2.25. The molecule has 2 aromatic carbocycles. The van der Waals surface area contributed by atoms with Gasteiger partial charge in [0.2, 0.25) is 0 Å². The number of carboxylic acid groups (broad SMARTS) is 1. The Labute approximate surface area is 203 Å². The summed E-state index contributed by atoms with van der Waals surface area (Å²) in [6.45, 7) is 5.72. The average Bonchev–Trinajstić information content (AvgIpc) is 3.28. The Morgan fingerprint density at radius 3 is 2.71 bits per heavy atom. The molecule has 0 radical (unpaired) electrons. The van der Waals surface area contributed by atoms with Crippen molar-refractivity contribution in [2.75, 3.05) is 18.5 Å². The van der Waals surface area contributed by atoms with E-state index in [0.29, 0.717) is 27.8 Å². The maximum atomic E-state index is 13.0. The first-order chi connectivity index (χ1) is 16.3. The normalized spacial score (nSPS) is 21.6. The fraction of sp³-hybridized carbons (Fsp3) is 0.333. The van der Waals surface area contributed by atoms with Crippen LogP contribution in [0.2, 0.25) is 0 Å². The number of hydrogen-bond acceptors (Lipinski definition) is 5. The summed E-state index contributed by atoms with van der Waals surface area (Å²) in [6, 6.07) is 12.6. The van der Waals surface area contributed by atoms with Gasteiger partial charge >= 0.3 is 5.97 Å². The zero-order valence-corrected chi connectivity index (χ0v) is 20.0. The largest absolute Gasteiger partial charge is 0.483 e. The summed E-state index contributed by atoms with van der Waals surface area (Å²) in [4.78, 5) is 26.0. The van der Waals surface area contributed by atoms with Gasteiger partial charge in [0.05, 0.1) is 16.8 Å². The molecule has 1 amide bonds. The van der Waals surface area contributed by atoms with Gasteiger partial charge in [0.15, 0.2) is 0 Å². The van der Waals surface area contributed by atoms with Gasteiger partial charge in [0.1, 0.15) is 11.4 Å². The molecule has 34 heavy (non-hydrogen) atoms. The van der Waals surface area contributed by atoms with Crippen LogP contribution in [0.4, 0.5) is 5.69 Å². The molecule has 0 bridgehead atoms. The molecule has 2 N–H and O–H groups in total. The summed E-state index contributed by atoms with van der Waals surface area (Å²) in [7, 11) is 0. The standard InChI is InChI=1S/C27H27NO5S/c1-27(2)17(13-16-9-11-32-12-10-16)14-22(33-27)24-19-8-7-18(15-21(19)28-25(24)29)34-23-6-4-3-5-20(23)26(30)31/h3-8,14-16H,9-13H2,1-2H3,(H,28,29)(H,30,31)/b24-22+. The lowest BCUT2D eigenvalue weighted by atomic mass is 9.86. The zero-order valence-electron chi connectivity index (χ0n) is 19.2. The van der Waals surface area contributed by atoms with E-state index in [0.717, 1.165) is 42.9 Å². The van der Waals surface area contributed by atoms with Crippen LogP contribution in [0.3, 0.4) is 0 Å². The lowest BCUT2D eigenvalue weighted by molar-refractivity contribution is -0.111. The van der Waals surface area contributed by atoms with Gasteiger partial charge in [0, 0.05) is 28.6 Å².